The van der Waals surface area contributed by atoms with Crippen LogP contribution in [0.2, 0.25) is 0 Å². The minimum Gasteiger partial charge on any atom is -0.492 e. The molecule has 2 aromatic carbocycles. The van der Waals surface area contributed by atoms with Gasteiger partial charge in [-0.3, -0.25) is 24.6 Å². The number of benzene rings is 2. The summed E-state index contributed by atoms with van der Waals surface area (Å²) in [6.45, 7) is 3.89. The molecule has 5 heterocycles. The van der Waals surface area contributed by atoms with Crippen molar-refractivity contribution in [2.45, 2.75) is 50.2 Å². The fraction of sp³-hybridized carbons (Fsp3) is 0.393. The van der Waals surface area contributed by atoms with Crippen LogP contribution < -0.4 is 10.1 Å². The maximum atomic E-state index is 13.2. The van der Waals surface area contributed by atoms with E-state index in [1.807, 2.05) is 12.3 Å². The van der Waals surface area contributed by atoms with Gasteiger partial charge in [-0.1, -0.05) is 18.2 Å². The average Bonchev–Trinajstić information content (AvgIpc) is 3.58. The Morgan fingerprint density at radius 1 is 1.06 bits per heavy atom. The van der Waals surface area contributed by atoms with Gasteiger partial charge in [-0.15, -0.1) is 0 Å². The summed E-state index contributed by atoms with van der Waals surface area (Å²) in [4.78, 5) is 44.6. The molecule has 4 aliphatic heterocycles. The van der Waals surface area contributed by atoms with Crippen LogP contribution in [0.4, 0.5) is 0 Å². The molecule has 7 rings (SSSR count). The number of piperidine rings is 2. The molecule has 2 saturated heterocycles. The van der Waals surface area contributed by atoms with Crippen LogP contribution in [0.5, 0.6) is 5.75 Å². The average molecular weight is 485 g/mol. The molecule has 0 bridgehead atoms. The molecule has 0 saturated carbocycles. The van der Waals surface area contributed by atoms with Crippen LogP contribution in [0.15, 0.2) is 42.6 Å². The zero-order valence-electron chi connectivity index (χ0n) is 20.0. The fourth-order valence-corrected chi connectivity index (χ4v) is 6.57. The number of hydrogen-bond acceptors (Lipinski definition) is 5. The lowest BCUT2D eigenvalue weighted by Crippen LogP contribution is -2.52. The quantitative estimate of drug-likeness (QED) is 0.558. The first kappa shape index (κ1) is 21.6. The third-order valence-electron chi connectivity index (χ3n) is 8.62. The molecule has 4 aliphatic rings. The third-order valence-corrected chi connectivity index (χ3v) is 8.62. The molecule has 1 atom stereocenters. The van der Waals surface area contributed by atoms with Crippen molar-refractivity contribution in [2.75, 3.05) is 19.7 Å². The number of carbonyl (C=O) groups is 3. The Hall–Kier alpha value is -3.65. The van der Waals surface area contributed by atoms with Crippen molar-refractivity contribution in [2.24, 2.45) is 0 Å². The fourth-order valence-electron chi connectivity index (χ4n) is 6.57. The third kappa shape index (κ3) is 3.20. The van der Waals surface area contributed by atoms with Crippen LogP contribution in [-0.2, 0) is 28.1 Å². The highest BCUT2D eigenvalue weighted by Gasteiger charge is 2.47. The molecule has 36 heavy (non-hydrogen) atoms. The maximum absolute atomic E-state index is 13.2. The Bertz CT molecular complexity index is 1420. The van der Waals surface area contributed by atoms with Gasteiger partial charge in [0, 0.05) is 52.2 Å². The number of aromatic nitrogens is 1. The van der Waals surface area contributed by atoms with Crippen LogP contribution in [0, 0.1) is 0 Å². The zero-order valence-corrected chi connectivity index (χ0v) is 20.0. The van der Waals surface area contributed by atoms with E-state index >= 15 is 0 Å². The van der Waals surface area contributed by atoms with Gasteiger partial charge in [0.05, 0.1) is 13.2 Å². The van der Waals surface area contributed by atoms with Crippen LogP contribution in [0.25, 0.3) is 10.9 Å². The van der Waals surface area contributed by atoms with Crippen molar-refractivity contribution in [1.82, 2.24) is 20.1 Å². The van der Waals surface area contributed by atoms with Gasteiger partial charge < -0.3 is 14.6 Å². The normalized spacial score (nSPS) is 23.2. The summed E-state index contributed by atoms with van der Waals surface area (Å²) in [5, 5.41) is 3.66. The summed E-state index contributed by atoms with van der Waals surface area (Å²) in [5.41, 5.74) is 5.19. The summed E-state index contributed by atoms with van der Waals surface area (Å²) in [7, 11) is 0. The molecule has 3 aromatic rings. The first-order chi connectivity index (χ1) is 17.5. The van der Waals surface area contributed by atoms with Crippen molar-refractivity contribution < 1.29 is 19.1 Å². The number of rotatable bonds is 3. The van der Waals surface area contributed by atoms with Crippen molar-refractivity contribution >= 4 is 28.6 Å². The van der Waals surface area contributed by atoms with Crippen molar-refractivity contribution in [1.29, 1.82) is 0 Å². The number of H-pyrrole nitrogens is 1. The van der Waals surface area contributed by atoms with E-state index in [4.69, 9.17) is 4.74 Å². The highest BCUT2D eigenvalue weighted by atomic mass is 16.5. The van der Waals surface area contributed by atoms with E-state index in [0.29, 0.717) is 25.1 Å². The van der Waals surface area contributed by atoms with Crippen molar-refractivity contribution in [3.63, 3.8) is 0 Å². The van der Waals surface area contributed by atoms with E-state index in [1.165, 1.54) is 22.0 Å². The maximum Gasteiger partial charge on any atom is 0.255 e. The van der Waals surface area contributed by atoms with Crippen molar-refractivity contribution in [3.8, 4) is 5.75 Å². The van der Waals surface area contributed by atoms with Gasteiger partial charge in [0.2, 0.25) is 11.8 Å². The summed E-state index contributed by atoms with van der Waals surface area (Å²) in [6.07, 6.45) is 4.63. The number of likely N-dealkylation sites (tertiary alicyclic amines) is 1. The predicted molar refractivity (Wildman–Crippen MR) is 132 cm³/mol. The molecular weight excluding hydrogens is 456 g/mol. The number of amides is 3. The van der Waals surface area contributed by atoms with E-state index in [2.05, 4.69) is 45.5 Å². The Kier molecular flexibility index (Phi) is 4.76. The SMILES string of the molecule is O=C1CC[C@H](N2Cc3c(ccc4c3OCC43CCN(Cc4cccc5[nH]ccc45)CC3)C2=O)C(=O)N1. The second-order valence-electron chi connectivity index (χ2n) is 10.6. The Morgan fingerprint density at radius 3 is 2.75 bits per heavy atom. The number of carbonyl (C=O) groups excluding carboxylic acids is 3. The molecule has 2 fully saturated rings. The molecule has 3 amide bonds. The van der Waals surface area contributed by atoms with Gasteiger partial charge in [-0.2, -0.15) is 0 Å². The zero-order chi connectivity index (χ0) is 24.4. The van der Waals surface area contributed by atoms with Crippen molar-refractivity contribution in [3.05, 3.63) is 64.8 Å². The number of imide groups is 1. The van der Waals surface area contributed by atoms with E-state index in [0.717, 1.165) is 43.8 Å². The minimum absolute atomic E-state index is 0.0357. The number of nitrogens with zero attached hydrogens (tertiary/aromatic N) is 2. The predicted octanol–water partition coefficient (Wildman–Crippen LogP) is 2.86. The summed E-state index contributed by atoms with van der Waals surface area (Å²) in [5.74, 6) is 0.0219. The van der Waals surface area contributed by atoms with Crippen LogP contribution in [-0.4, -0.2) is 58.2 Å². The van der Waals surface area contributed by atoms with Gasteiger partial charge in [0.25, 0.3) is 5.91 Å². The van der Waals surface area contributed by atoms with Gasteiger partial charge in [-0.25, -0.2) is 0 Å². The van der Waals surface area contributed by atoms with Crippen LogP contribution in [0.3, 0.4) is 0 Å². The summed E-state index contributed by atoms with van der Waals surface area (Å²) < 4.78 is 6.31. The molecular formula is C28H28N4O4. The van der Waals surface area contributed by atoms with E-state index in [-0.39, 0.29) is 29.6 Å². The molecule has 8 nitrogen and oxygen atoms in total. The first-order valence-corrected chi connectivity index (χ1v) is 12.7. The molecule has 1 aromatic heterocycles. The Morgan fingerprint density at radius 2 is 1.92 bits per heavy atom. The van der Waals surface area contributed by atoms with Gasteiger partial charge in [-0.05, 0) is 56.1 Å². The van der Waals surface area contributed by atoms with E-state index in [9.17, 15) is 14.4 Å². The molecule has 2 N–H and O–H groups in total. The topological polar surface area (TPSA) is 94.7 Å². The molecule has 0 unspecified atom stereocenters. The molecule has 1 spiro atoms. The van der Waals surface area contributed by atoms with Crippen LogP contribution >= 0.6 is 0 Å². The highest BCUT2D eigenvalue weighted by Crippen LogP contribution is 2.49. The molecule has 0 radical (unpaired) electrons. The standard InChI is InChI=1S/C28H28N4O4/c33-24-7-6-23(26(34)30-24)32-15-20-19(27(32)35)4-5-21-25(20)36-16-28(21)9-12-31(13-10-28)14-17-2-1-3-22-18(17)8-11-29-22/h1-5,8,11,23,29H,6-7,9-10,12-16H2,(H,30,33,34)/t23-/m0/s1. The lowest BCUT2D eigenvalue weighted by molar-refractivity contribution is -0.136. The minimum atomic E-state index is -0.610. The second-order valence-corrected chi connectivity index (χ2v) is 10.6. The monoisotopic (exact) mass is 484 g/mol. The van der Waals surface area contributed by atoms with Crippen LogP contribution in [0.1, 0.15) is 52.7 Å². The number of aromatic amines is 1. The van der Waals surface area contributed by atoms with E-state index in [1.54, 1.807) is 4.90 Å². The lowest BCUT2D eigenvalue weighted by Gasteiger charge is -2.38. The first-order valence-electron chi connectivity index (χ1n) is 12.7. The Labute approximate surface area is 208 Å². The summed E-state index contributed by atoms with van der Waals surface area (Å²) in [6, 6.07) is 12.0. The number of ether oxygens (including phenoxy) is 1. The molecule has 0 aliphatic carbocycles. The van der Waals surface area contributed by atoms with Gasteiger partial charge in [0.1, 0.15) is 11.8 Å². The summed E-state index contributed by atoms with van der Waals surface area (Å²) >= 11 is 0. The number of nitrogens with one attached hydrogen (secondary N) is 2. The molecule has 8 heteroatoms. The van der Waals surface area contributed by atoms with Gasteiger partial charge >= 0.3 is 0 Å². The molecule has 184 valence electrons. The number of hydrogen-bond donors (Lipinski definition) is 2. The lowest BCUT2D eigenvalue weighted by atomic mass is 9.74. The van der Waals surface area contributed by atoms with Gasteiger partial charge in [0.15, 0.2) is 0 Å². The second kappa shape index (κ2) is 7.93. The Balaban J connectivity index is 1.10. The smallest absolute Gasteiger partial charge is 0.255 e. The van der Waals surface area contributed by atoms with E-state index < -0.39 is 6.04 Å². The number of fused-ring (bicyclic) bond motifs is 5. The highest BCUT2D eigenvalue weighted by molar-refractivity contribution is 6.05. The largest absolute Gasteiger partial charge is 0.492 e.